The molecule has 52 heavy (non-hydrogen) atoms. The van der Waals surface area contributed by atoms with E-state index in [4.69, 9.17) is 0 Å². The lowest BCUT2D eigenvalue weighted by Gasteiger charge is -2.27. The van der Waals surface area contributed by atoms with E-state index in [-0.39, 0.29) is 34.6 Å². The Bertz CT molecular complexity index is 2390. The molecule has 3 atom stereocenters. The highest BCUT2D eigenvalue weighted by atomic mass is 19.4. The van der Waals surface area contributed by atoms with Crippen molar-refractivity contribution in [3.8, 4) is 23.0 Å². The number of aliphatic hydroxyl groups is 1. The summed E-state index contributed by atoms with van der Waals surface area (Å²) in [6.07, 6.45) is -1.69. The van der Waals surface area contributed by atoms with Crippen LogP contribution in [-0.4, -0.2) is 46.0 Å². The molecular formula is C35H26F7N7O3. The number of aromatic amines is 1. The van der Waals surface area contributed by atoms with Crippen LogP contribution in [0.25, 0.3) is 16.8 Å². The molecule has 4 aromatic heterocycles. The van der Waals surface area contributed by atoms with Gasteiger partial charge in [-0.15, -0.1) is 0 Å². The molecule has 7 rings (SSSR count). The van der Waals surface area contributed by atoms with Gasteiger partial charge in [0.05, 0.1) is 17.7 Å². The van der Waals surface area contributed by atoms with Crippen LogP contribution in [0, 0.1) is 29.4 Å². The van der Waals surface area contributed by atoms with Crippen molar-refractivity contribution in [2.75, 3.05) is 0 Å². The van der Waals surface area contributed by atoms with Gasteiger partial charge in [0, 0.05) is 34.9 Å². The van der Waals surface area contributed by atoms with Crippen LogP contribution in [-0.2, 0) is 29.9 Å². The number of nitrogens with zero attached hydrogens (tertiary/aromatic N) is 5. The molecule has 0 saturated heterocycles. The Kier molecular flexibility index (Phi) is 8.13. The second-order valence-electron chi connectivity index (χ2n) is 13.0. The summed E-state index contributed by atoms with van der Waals surface area (Å²) in [5.74, 6) is -4.15. The highest BCUT2D eigenvalue weighted by Gasteiger charge is 2.61. The SMILES string of the molecule is CC(C)(O)C#Cc1ccc(-c2ccc3n[nH]c(=O)n3c2)c([C@H](Cc2cc(F)cc(F)c2)NC(=O)Cn2nc(C(F)(F)F)c3c2C(F)(F)[C@@H]2C=C[C@H]32)n1. The van der Waals surface area contributed by atoms with Crippen molar-refractivity contribution in [1.29, 1.82) is 0 Å². The summed E-state index contributed by atoms with van der Waals surface area (Å²) in [6, 6.07) is 7.40. The molecule has 0 fully saturated rings. The van der Waals surface area contributed by atoms with Crippen LogP contribution >= 0.6 is 0 Å². The second-order valence-corrected chi connectivity index (χ2v) is 13.0. The van der Waals surface area contributed by atoms with Crippen molar-refractivity contribution in [2.24, 2.45) is 5.92 Å². The van der Waals surface area contributed by atoms with Gasteiger partial charge in [0.25, 0.3) is 5.92 Å². The van der Waals surface area contributed by atoms with Crippen molar-refractivity contribution in [1.82, 2.24) is 34.7 Å². The number of hydrogen-bond acceptors (Lipinski definition) is 6. The Morgan fingerprint density at radius 2 is 1.83 bits per heavy atom. The number of allylic oxidation sites excluding steroid dienone is 2. The van der Waals surface area contributed by atoms with Crippen molar-refractivity contribution >= 4 is 11.6 Å². The maximum Gasteiger partial charge on any atom is 0.435 e. The smallest absolute Gasteiger partial charge is 0.378 e. The second kappa shape index (κ2) is 12.2. The molecule has 0 spiro atoms. The Labute approximate surface area is 289 Å². The van der Waals surface area contributed by atoms with Gasteiger partial charge in [0.15, 0.2) is 11.3 Å². The zero-order valence-electron chi connectivity index (χ0n) is 27.1. The van der Waals surface area contributed by atoms with E-state index in [0.717, 1.165) is 18.2 Å². The number of fused-ring (bicyclic) bond motifs is 4. The fourth-order valence-corrected chi connectivity index (χ4v) is 6.47. The minimum Gasteiger partial charge on any atom is -0.378 e. The molecule has 10 nitrogen and oxygen atoms in total. The first-order valence-electron chi connectivity index (χ1n) is 15.7. The fourth-order valence-electron chi connectivity index (χ4n) is 6.47. The van der Waals surface area contributed by atoms with Gasteiger partial charge >= 0.3 is 11.9 Å². The summed E-state index contributed by atoms with van der Waals surface area (Å²) in [5, 5.41) is 22.4. The van der Waals surface area contributed by atoms with Crippen molar-refractivity contribution in [3.05, 3.63) is 117 Å². The maximum atomic E-state index is 15.4. The minimum atomic E-state index is -5.09. The van der Waals surface area contributed by atoms with E-state index in [1.165, 1.54) is 48.7 Å². The van der Waals surface area contributed by atoms with Crippen LogP contribution in [0.15, 0.2) is 65.6 Å². The molecule has 1 amide bonds. The molecule has 17 heteroatoms. The van der Waals surface area contributed by atoms with Crippen LogP contribution in [0.4, 0.5) is 30.7 Å². The minimum absolute atomic E-state index is 0.0192. The van der Waals surface area contributed by atoms with Gasteiger partial charge in [-0.25, -0.2) is 28.1 Å². The predicted molar refractivity (Wildman–Crippen MR) is 170 cm³/mol. The van der Waals surface area contributed by atoms with Crippen LogP contribution in [0.3, 0.4) is 0 Å². The number of hydrogen-bond donors (Lipinski definition) is 3. The summed E-state index contributed by atoms with van der Waals surface area (Å²) in [6.45, 7) is 1.78. The summed E-state index contributed by atoms with van der Waals surface area (Å²) < 4.78 is 103. The van der Waals surface area contributed by atoms with Crippen molar-refractivity contribution in [3.63, 3.8) is 0 Å². The average Bonchev–Trinajstić information content (AvgIpc) is 3.62. The zero-order valence-corrected chi connectivity index (χ0v) is 27.1. The number of rotatable bonds is 7. The largest absolute Gasteiger partial charge is 0.435 e. The van der Waals surface area contributed by atoms with E-state index < -0.39 is 82.3 Å². The molecule has 3 N–H and O–H groups in total. The molecule has 2 aliphatic rings. The first-order chi connectivity index (χ1) is 24.4. The van der Waals surface area contributed by atoms with Gasteiger partial charge in [0.2, 0.25) is 5.91 Å². The van der Waals surface area contributed by atoms with E-state index in [1.807, 2.05) is 0 Å². The molecule has 0 saturated carbocycles. The number of pyridine rings is 2. The third-order valence-corrected chi connectivity index (χ3v) is 8.70. The number of carbonyl (C=O) groups is 1. The molecule has 0 aliphatic heterocycles. The number of halogens is 7. The first-order valence-corrected chi connectivity index (χ1v) is 15.7. The Morgan fingerprint density at radius 3 is 2.48 bits per heavy atom. The molecule has 0 unspecified atom stereocenters. The topological polar surface area (TPSA) is 130 Å². The average molecular weight is 726 g/mol. The van der Waals surface area contributed by atoms with Gasteiger partial charge < -0.3 is 10.4 Å². The zero-order chi connectivity index (χ0) is 37.3. The molecule has 1 aromatic carbocycles. The third-order valence-electron chi connectivity index (χ3n) is 8.70. The molecule has 0 radical (unpaired) electrons. The normalized spacial score (nSPS) is 18.0. The van der Waals surface area contributed by atoms with Gasteiger partial charge in [-0.3, -0.25) is 9.48 Å². The van der Waals surface area contributed by atoms with Crippen molar-refractivity contribution < 1.29 is 40.6 Å². The maximum absolute atomic E-state index is 15.4. The Balaban J connectivity index is 1.34. The van der Waals surface area contributed by atoms with E-state index in [0.29, 0.717) is 16.3 Å². The highest BCUT2D eigenvalue weighted by molar-refractivity contribution is 5.77. The summed E-state index contributed by atoms with van der Waals surface area (Å²) in [4.78, 5) is 30.7. The van der Waals surface area contributed by atoms with Gasteiger partial charge in [-0.1, -0.05) is 18.1 Å². The lowest BCUT2D eigenvalue weighted by Crippen LogP contribution is -2.36. The summed E-state index contributed by atoms with van der Waals surface area (Å²) >= 11 is 0. The molecule has 268 valence electrons. The number of amides is 1. The van der Waals surface area contributed by atoms with E-state index in [1.54, 1.807) is 6.07 Å². The summed E-state index contributed by atoms with van der Waals surface area (Å²) in [7, 11) is 0. The molecule has 5 aromatic rings. The number of H-pyrrole nitrogens is 1. The van der Waals surface area contributed by atoms with Gasteiger partial charge in [-0.05, 0) is 68.2 Å². The number of benzene rings is 1. The lowest BCUT2D eigenvalue weighted by molar-refractivity contribution is -0.142. The van der Waals surface area contributed by atoms with Crippen LogP contribution < -0.4 is 11.0 Å². The quantitative estimate of drug-likeness (QED) is 0.121. The number of alkyl halides is 5. The van der Waals surface area contributed by atoms with Crippen LogP contribution in [0.5, 0.6) is 0 Å². The third kappa shape index (κ3) is 6.34. The number of nitrogens with one attached hydrogen (secondary N) is 2. The predicted octanol–water partition coefficient (Wildman–Crippen LogP) is 5.18. The van der Waals surface area contributed by atoms with Gasteiger partial charge in [0.1, 0.15) is 35.2 Å². The standard InChI is InChI=1S/C35H26F7N7O3/c1-33(2,52)10-9-21-4-5-22(18-3-8-26-45-46-32(51)48(26)15-18)29(43-21)25(13-17-11-19(36)14-20(37)12-17)44-27(50)16-49-31-28(30(47-49)35(40,41)42)23-6-7-24(23)34(31,38)39/h3-8,11-12,14-15,23-25,52H,13,16H2,1-2H3,(H,44,50)(H,46,51)/t23-,24+,25-/m0/s1. The number of carbonyl (C=O) groups excluding carboxylic acids is 1. The van der Waals surface area contributed by atoms with Crippen LogP contribution in [0.2, 0.25) is 0 Å². The van der Waals surface area contributed by atoms with E-state index >= 15 is 8.78 Å². The van der Waals surface area contributed by atoms with Crippen molar-refractivity contribution in [2.45, 2.75) is 56.5 Å². The molecule has 2 aliphatic carbocycles. The lowest BCUT2D eigenvalue weighted by atomic mass is 9.81. The highest BCUT2D eigenvalue weighted by Crippen LogP contribution is 2.60. The molecular weight excluding hydrogens is 699 g/mol. The Morgan fingerprint density at radius 1 is 1.10 bits per heavy atom. The van der Waals surface area contributed by atoms with E-state index in [2.05, 4.69) is 37.4 Å². The van der Waals surface area contributed by atoms with E-state index in [9.17, 15) is 36.6 Å². The van der Waals surface area contributed by atoms with Gasteiger partial charge in [-0.2, -0.15) is 32.1 Å². The fraction of sp³-hybridized carbons (Fsp3) is 0.286. The monoisotopic (exact) mass is 725 g/mol. The first kappa shape index (κ1) is 34.7. The molecule has 4 heterocycles. The summed E-state index contributed by atoms with van der Waals surface area (Å²) in [5.41, 5.74) is -4.25. The van der Waals surface area contributed by atoms with Crippen LogP contribution in [0.1, 0.15) is 59.7 Å². The Hall–Kier alpha value is -5.76. The number of aromatic nitrogens is 6. The molecule has 0 bridgehead atoms.